The van der Waals surface area contributed by atoms with Crippen LogP contribution in [0.5, 0.6) is 0 Å². The molecule has 1 aromatic carbocycles. The van der Waals surface area contributed by atoms with Gasteiger partial charge in [-0.15, -0.1) is 0 Å². The highest BCUT2D eigenvalue weighted by atomic mass is 19.1. The van der Waals surface area contributed by atoms with Crippen LogP contribution in [-0.2, 0) is 18.2 Å². The van der Waals surface area contributed by atoms with E-state index in [1.807, 2.05) is 23.9 Å². The summed E-state index contributed by atoms with van der Waals surface area (Å²) < 4.78 is 23.1. The maximum Gasteiger partial charge on any atom is 0.376 e. The van der Waals surface area contributed by atoms with Crippen molar-refractivity contribution in [2.24, 2.45) is 7.05 Å². The Balaban J connectivity index is 1.40. The minimum Gasteiger partial charge on any atom is -0.437 e. The summed E-state index contributed by atoms with van der Waals surface area (Å²) in [7, 11) is 1.64. The summed E-state index contributed by atoms with van der Waals surface area (Å²) in [5.74, 6) is -0.229. The smallest absolute Gasteiger partial charge is 0.376 e. The molecule has 2 aromatic heterocycles. The third-order valence-electron chi connectivity index (χ3n) is 7.46. The Morgan fingerprint density at radius 2 is 1.80 bits per heavy atom. The van der Waals surface area contributed by atoms with Crippen molar-refractivity contribution < 1.29 is 14.2 Å². The van der Waals surface area contributed by atoms with Crippen LogP contribution >= 0.6 is 0 Å². The van der Waals surface area contributed by atoms with E-state index in [-0.39, 0.29) is 5.82 Å². The topological polar surface area (TPSA) is 57.0 Å². The second-order valence-electron chi connectivity index (χ2n) is 9.76. The standard InChI is InChI=1S/C26H35BFN5O2/c1-19-16-25-22(18-21(30(25)3)6-7-31-12-14-35-15-13-31)26(29-19)20-4-5-24(23(28)17-20)32-8-10-33(11-9-32)27(2)34/h4-5,16-18,34H,6-15H2,1-3H3. The normalized spacial score (nSPS) is 17.9. The van der Waals surface area contributed by atoms with Gasteiger partial charge in [0.05, 0.1) is 30.1 Å². The van der Waals surface area contributed by atoms with Crippen molar-refractivity contribution >= 4 is 23.6 Å². The number of morpholine rings is 1. The Morgan fingerprint density at radius 3 is 2.49 bits per heavy atom. The number of fused-ring (bicyclic) bond motifs is 1. The highest BCUT2D eigenvalue weighted by Gasteiger charge is 2.24. The van der Waals surface area contributed by atoms with Gasteiger partial charge in [-0.2, -0.15) is 0 Å². The minimum atomic E-state index is -0.469. The first-order chi connectivity index (χ1) is 16.9. The van der Waals surface area contributed by atoms with Gasteiger partial charge in [-0.3, -0.25) is 9.88 Å². The first-order valence-corrected chi connectivity index (χ1v) is 12.6. The first-order valence-electron chi connectivity index (χ1n) is 12.6. The molecule has 2 saturated heterocycles. The summed E-state index contributed by atoms with van der Waals surface area (Å²) in [6.45, 7) is 11.2. The van der Waals surface area contributed by atoms with Gasteiger partial charge < -0.3 is 24.0 Å². The number of aromatic nitrogens is 2. The lowest BCUT2D eigenvalue weighted by molar-refractivity contribution is 0.0383. The fourth-order valence-electron chi connectivity index (χ4n) is 5.31. The van der Waals surface area contributed by atoms with Gasteiger partial charge >= 0.3 is 7.05 Å². The molecular formula is C26H35BFN5O2. The van der Waals surface area contributed by atoms with Crippen molar-refractivity contribution in [2.45, 2.75) is 20.2 Å². The van der Waals surface area contributed by atoms with Crippen molar-refractivity contribution in [2.75, 3.05) is 63.9 Å². The Morgan fingerprint density at radius 1 is 1.06 bits per heavy atom. The minimum absolute atomic E-state index is 0.229. The van der Waals surface area contributed by atoms with E-state index in [1.165, 1.54) is 5.69 Å². The summed E-state index contributed by atoms with van der Waals surface area (Å²) in [4.78, 5) is 11.3. The monoisotopic (exact) mass is 479 g/mol. The lowest BCUT2D eigenvalue weighted by Gasteiger charge is -2.36. The van der Waals surface area contributed by atoms with Crippen molar-refractivity contribution in [3.8, 4) is 11.3 Å². The van der Waals surface area contributed by atoms with Gasteiger partial charge in [0.25, 0.3) is 0 Å². The highest BCUT2D eigenvalue weighted by molar-refractivity contribution is 6.45. The molecule has 186 valence electrons. The van der Waals surface area contributed by atoms with Crippen LogP contribution in [0, 0.1) is 12.7 Å². The molecule has 2 aliphatic heterocycles. The summed E-state index contributed by atoms with van der Waals surface area (Å²) in [6.07, 6.45) is 0.954. The number of benzene rings is 1. The van der Waals surface area contributed by atoms with E-state index in [4.69, 9.17) is 9.72 Å². The molecule has 35 heavy (non-hydrogen) atoms. The van der Waals surface area contributed by atoms with E-state index < -0.39 is 7.05 Å². The van der Waals surface area contributed by atoms with Gasteiger partial charge in [-0.25, -0.2) is 4.39 Å². The largest absolute Gasteiger partial charge is 0.437 e. The molecule has 2 fully saturated rings. The number of anilines is 1. The van der Waals surface area contributed by atoms with E-state index in [1.54, 1.807) is 12.9 Å². The summed E-state index contributed by atoms with van der Waals surface area (Å²) >= 11 is 0. The summed E-state index contributed by atoms with van der Waals surface area (Å²) in [5, 5.41) is 10.9. The predicted octanol–water partition coefficient (Wildman–Crippen LogP) is 2.79. The highest BCUT2D eigenvalue weighted by Crippen LogP contribution is 2.33. The van der Waals surface area contributed by atoms with Crippen molar-refractivity contribution in [3.63, 3.8) is 0 Å². The maximum absolute atomic E-state index is 15.3. The number of rotatable bonds is 6. The molecule has 9 heteroatoms. The molecule has 3 aromatic rings. The van der Waals surface area contributed by atoms with Gasteiger partial charge in [-0.1, -0.05) is 6.07 Å². The second kappa shape index (κ2) is 10.3. The molecule has 0 atom stereocenters. The fourth-order valence-corrected chi connectivity index (χ4v) is 5.31. The average Bonchev–Trinajstić information content (AvgIpc) is 3.18. The molecule has 0 spiro atoms. The third kappa shape index (κ3) is 5.09. The van der Waals surface area contributed by atoms with Crippen LogP contribution in [-0.4, -0.2) is 90.4 Å². The van der Waals surface area contributed by atoms with E-state index in [9.17, 15) is 5.02 Å². The van der Waals surface area contributed by atoms with Gasteiger partial charge in [0.2, 0.25) is 0 Å². The van der Waals surface area contributed by atoms with Crippen molar-refractivity contribution in [1.29, 1.82) is 0 Å². The molecule has 0 radical (unpaired) electrons. The number of hydrogen-bond donors (Lipinski definition) is 1. The Hall–Kier alpha value is -2.46. The number of pyridine rings is 1. The zero-order valence-electron chi connectivity index (χ0n) is 21.0. The molecular weight excluding hydrogens is 444 g/mol. The Bertz CT molecular complexity index is 1190. The van der Waals surface area contributed by atoms with E-state index in [0.717, 1.165) is 80.2 Å². The first kappa shape index (κ1) is 24.2. The van der Waals surface area contributed by atoms with Gasteiger partial charge in [-0.05, 0) is 38.0 Å². The molecule has 0 bridgehead atoms. The zero-order chi connectivity index (χ0) is 24.5. The molecule has 4 heterocycles. The summed E-state index contributed by atoms with van der Waals surface area (Å²) in [6, 6.07) is 9.82. The van der Waals surface area contributed by atoms with Crippen LogP contribution in [0.4, 0.5) is 10.1 Å². The lowest BCUT2D eigenvalue weighted by atomic mass is 9.84. The van der Waals surface area contributed by atoms with E-state index in [2.05, 4.69) is 33.5 Å². The van der Waals surface area contributed by atoms with Gasteiger partial charge in [0.1, 0.15) is 5.82 Å². The number of halogens is 1. The Labute approximate surface area is 207 Å². The molecule has 2 aliphatic rings. The summed E-state index contributed by atoms with van der Waals surface area (Å²) in [5.41, 5.74) is 5.55. The van der Waals surface area contributed by atoms with Gasteiger partial charge in [0.15, 0.2) is 0 Å². The van der Waals surface area contributed by atoms with E-state index in [0.29, 0.717) is 18.8 Å². The third-order valence-corrected chi connectivity index (χ3v) is 7.46. The fraction of sp³-hybridized carbons (Fsp3) is 0.500. The number of hydrogen-bond acceptors (Lipinski definition) is 6. The van der Waals surface area contributed by atoms with Crippen LogP contribution in [0.3, 0.4) is 0 Å². The lowest BCUT2D eigenvalue weighted by Crippen LogP contribution is -2.51. The van der Waals surface area contributed by atoms with Crippen LogP contribution in [0.25, 0.3) is 22.2 Å². The molecule has 1 N–H and O–H groups in total. The van der Waals surface area contributed by atoms with Crippen LogP contribution < -0.4 is 4.90 Å². The number of ether oxygens (including phenoxy) is 1. The van der Waals surface area contributed by atoms with Crippen LogP contribution in [0.1, 0.15) is 11.4 Å². The number of aryl methyl sites for hydroxylation is 2. The van der Waals surface area contributed by atoms with Crippen LogP contribution in [0.2, 0.25) is 6.82 Å². The molecule has 0 saturated carbocycles. The Kier molecular flexibility index (Phi) is 7.11. The van der Waals surface area contributed by atoms with Crippen LogP contribution in [0.15, 0.2) is 30.3 Å². The molecule has 0 unspecified atom stereocenters. The molecule has 0 amide bonds. The maximum atomic E-state index is 15.3. The molecule has 0 aliphatic carbocycles. The van der Waals surface area contributed by atoms with Crippen molar-refractivity contribution in [1.82, 2.24) is 19.3 Å². The van der Waals surface area contributed by atoms with Crippen molar-refractivity contribution in [3.05, 3.63) is 47.5 Å². The quantitative estimate of drug-likeness (QED) is 0.549. The average molecular weight is 479 g/mol. The number of nitrogens with zero attached hydrogens (tertiary/aromatic N) is 5. The molecule has 5 rings (SSSR count). The predicted molar refractivity (Wildman–Crippen MR) is 139 cm³/mol. The SMILES string of the molecule is CB(O)N1CCN(c2ccc(-c3nc(C)cc4c3cc(CCN3CCOCC3)n4C)cc2F)CC1. The molecule has 7 nitrogen and oxygen atoms in total. The second-order valence-corrected chi connectivity index (χ2v) is 9.76. The zero-order valence-corrected chi connectivity index (χ0v) is 21.0. The van der Waals surface area contributed by atoms with E-state index >= 15 is 4.39 Å². The number of piperazine rings is 1. The van der Waals surface area contributed by atoms with Gasteiger partial charge in [0, 0.05) is 81.6 Å².